The summed E-state index contributed by atoms with van der Waals surface area (Å²) in [5.41, 5.74) is 3.39. The molecule has 5 nitrogen and oxygen atoms in total. The molecule has 0 spiro atoms. The molecule has 3 heterocycles. The van der Waals surface area contributed by atoms with E-state index in [1.54, 1.807) is 17.1 Å². The van der Waals surface area contributed by atoms with Crippen molar-refractivity contribution in [2.45, 2.75) is 12.5 Å². The fourth-order valence-electron chi connectivity index (χ4n) is 2.96. The van der Waals surface area contributed by atoms with Gasteiger partial charge in [-0.1, -0.05) is 6.07 Å². The Morgan fingerprint density at radius 1 is 1.57 bits per heavy atom. The molecular formula is C15H18N4OS. The van der Waals surface area contributed by atoms with Crippen LogP contribution in [0.3, 0.4) is 0 Å². The fraction of sp³-hybridized carbons (Fsp3) is 0.400. The lowest BCUT2D eigenvalue weighted by atomic mass is 9.95. The standard InChI is InChI=1S/C15H18N4OS/c1-19-6-4-12(14(19)11-3-2-5-16-7-11)8-17-15(20)13-9-21-10-18-13/h2-3,5,7,9-10,12,14H,4,6,8H2,1H3,(H,17,20)/t12-,14-/m0/s1. The maximum Gasteiger partial charge on any atom is 0.270 e. The molecule has 6 heteroatoms. The minimum absolute atomic E-state index is 0.0873. The number of likely N-dealkylation sites (tertiary alicyclic amines) is 1. The maximum atomic E-state index is 12.0. The van der Waals surface area contributed by atoms with Crippen molar-refractivity contribution >= 4 is 17.2 Å². The largest absolute Gasteiger partial charge is 0.350 e. The van der Waals surface area contributed by atoms with Crippen LogP contribution in [0.4, 0.5) is 0 Å². The van der Waals surface area contributed by atoms with Crippen molar-refractivity contribution in [2.24, 2.45) is 5.92 Å². The number of thiazole rings is 1. The topological polar surface area (TPSA) is 58.1 Å². The molecule has 1 fully saturated rings. The third kappa shape index (κ3) is 3.11. The smallest absolute Gasteiger partial charge is 0.270 e. The summed E-state index contributed by atoms with van der Waals surface area (Å²) in [6.07, 6.45) is 4.78. The number of carbonyl (C=O) groups is 1. The van der Waals surface area contributed by atoms with Crippen molar-refractivity contribution in [2.75, 3.05) is 20.1 Å². The lowest BCUT2D eigenvalue weighted by Gasteiger charge is -2.25. The van der Waals surface area contributed by atoms with Gasteiger partial charge in [0, 0.05) is 30.4 Å². The van der Waals surface area contributed by atoms with Crippen LogP contribution in [-0.2, 0) is 0 Å². The molecule has 2 atom stereocenters. The predicted molar refractivity (Wildman–Crippen MR) is 82.2 cm³/mol. The van der Waals surface area contributed by atoms with Gasteiger partial charge in [-0.2, -0.15) is 0 Å². The zero-order chi connectivity index (χ0) is 14.7. The van der Waals surface area contributed by atoms with Crippen LogP contribution in [0.5, 0.6) is 0 Å². The molecule has 0 radical (unpaired) electrons. The zero-order valence-corrected chi connectivity index (χ0v) is 12.7. The van der Waals surface area contributed by atoms with Crippen LogP contribution in [0.2, 0.25) is 0 Å². The number of nitrogens with zero attached hydrogens (tertiary/aromatic N) is 3. The summed E-state index contributed by atoms with van der Waals surface area (Å²) < 4.78 is 0. The summed E-state index contributed by atoms with van der Waals surface area (Å²) in [6, 6.07) is 4.38. The van der Waals surface area contributed by atoms with Crippen LogP contribution in [0.15, 0.2) is 35.4 Å². The van der Waals surface area contributed by atoms with Crippen molar-refractivity contribution < 1.29 is 4.79 Å². The number of nitrogens with one attached hydrogen (secondary N) is 1. The van der Waals surface area contributed by atoms with Crippen LogP contribution < -0.4 is 5.32 Å². The van der Waals surface area contributed by atoms with Gasteiger partial charge < -0.3 is 5.32 Å². The highest BCUT2D eigenvalue weighted by atomic mass is 32.1. The lowest BCUT2D eigenvalue weighted by molar-refractivity contribution is 0.0939. The van der Waals surface area contributed by atoms with Gasteiger partial charge in [-0.3, -0.25) is 14.7 Å². The monoisotopic (exact) mass is 302 g/mol. The van der Waals surface area contributed by atoms with Gasteiger partial charge in [0.05, 0.1) is 5.51 Å². The van der Waals surface area contributed by atoms with Gasteiger partial charge in [0.25, 0.3) is 5.91 Å². The average Bonchev–Trinajstić information content (AvgIpc) is 3.15. The quantitative estimate of drug-likeness (QED) is 0.938. The number of hydrogen-bond donors (Lipinski definition) is 1. The Morgan fingerprint density at radius 3 is 3.19 bits per heavy atom. The maximum absolute atomic E-state index is 12.0. The Labute approximate surface area is 128 Å². The Morgan fingerprint density at radius 2 is 2.48 bits per heavy atom. The zero-order valence-electron chi connectivity index (χ0n) is 11.9. The van der Waals surface area contributed by atoms with Crippen molar-refractivity contribution in [1.29, 1.82) is 0 Å². The van der Waals surface area contributed by atoms with Crippen LogP contribution >= 0.6 is 11.3 Å². The van der Waals surface area contributed by atoms with Gasteiger partial charge in [-0.05, 0) is 37.6 Å². The Bertz CT molecular complexity index is 587. The molecule has 1 amide bonds. The van der Waals surface area contributed by atoms with E-state index in [1.807, 2.05) is 12.3 Å². The molecule has 3 rings (SSSR count). The highest BCUT2D eigenvalue weighted by Crippen LogP contribution is 2.35. The van der Waals surface area contributed by atoms with Gasteiger partial charge in [0.1, 0.15) is 5.69 Å². The van der Waals surface area contributed by atoms with Gasteiger partial charge in [0.2, 0.25) is 0 Å². The van der Waals surface area contributed by atoms with Crippen LogP contribution in [-0.4, -0.2) is 40.9 Å². The summed E-state index contributed by atoms with van der Waals surface area (Å²) in [7, 11) is 2.12. The molecule has 0 bridgehead atoms. The molecule has 2 aromatic rings. The van der Waals surface area contributed by atoms with Gasteiger partial charge in [-0.15, -0.1) is 11.3 Å². The molecule has 1 saturated heterocycles. The fourth-order valence-corrected chi connectivity index (χ4v) is 3.49. The van der Waals surface area contributed by atoms with E-state index in [0.717, 1.165) is 13.0 Å². The van der Waals surface area contributed by atoms with Gasteiger partial charge in [-0.25, -0.2) is 4.98 Å². The molecule has 0 aliphatic carbocycles. The second-order valence-electron chi connectivity index (χ2n) is 5.34. The Balaban J connectivity index is 1.66. The minimum atomic E-state index is -0.0873. The van der Waals surface area contributed by atoms with E-state index in [2.05, 4.69) is 33.3 Å². The summed E-state index contributed by atoms with van der Waals surface area (Å²) in [5.74, 6) is 0.317. The van der Waals surface area contributed by atoms with Crippen molar-refractivity contribution in [3.63, 3.8) is 0 Å². The normalized spacial score (nSPS) is 22.3. The second kappa shape index (κ2) is 6.32. The molecule has 110 valence electrons. The van der Waals surface area contributed by atoms with E-state index in [9.17, 15) is 4.79 Å². The molecule has 1 aliphatic heterocycles. The number of carbonyl (C=O) groups excluding carboxylic acids is 1. The molecular weight excluding hydrogens is 284 g/mol. The number of aromatic nitrogens is 2. The molecule has 21 heavy (non-hydrogen) atoms. The summed E-state index contributed by atoms with van der Waals surface area (Å²) in [6.45, 7) is 1.71. The van der Waals surface area contributed by atoms with E-state index < -0.39 is 0 Å². The Hall–Kier alpha value is -1.79. The SMILES string of the molecule is CN1CC[C@@H](CNC(=O)c2cscn2)[C@@H]1c1cccnc1. The minimum Gasteiger partial charge on any atom is -0.350 e. The van der Waals surface area contributed by atoms with E-state index in [0.29, 0.717) is 24.2 Å². The third-order valence-electron chi connectivity index (χ3n) is 3.99. The number of amides is 1. The molecule has 1 N–H and O–H groups in total. The number of pyridine rings is 1. The molecule has 0 saturated carbocycles. The summed E-state index contributed by atoms with van der Waals surface area (Å²) in [5, 5.41) is 4.78. The van der Waals surface area contributed by atoms with Gasteiger partial charge in [0.15, 0.2) is 0 Å². The molecule has 0 aromatic carbocycles. The Kier molecular flexibility index (Phi) is 4.26. The molecule has 1 aliphatic rings. The van der Waals surface area contributed by atoms with E-state index >= 15 is 0 Å². The summed E-state index contributed by atoms with van der Waals surface area (Å²) in [4.78, 5) is 22.6. The van der Waals surface area contributed by atoms with E-state index in [1.165, 1.54) is 16.9 Å². The second-order valence-corrected chi connectivity index (χ2v) is 6.06. The number of hydrogen-bond acceptors (Lipinski definition) is 5. The average molecular weight is 302 g/mol. The van der Waals surface area contributed by atoms with E-state index in [4.69, 9.17) is 0 Å². The van der Waals surface area contributed by atoms with Crippen LogP contribution in [0.1, 0.15) is 28.5 Å². The first-order chi connectivity index (χ1) is 10.3. The van der Waals surface area contributed by atoms with Crippen molar-refractivity contribution in [3.05, 3.63) is 46.7 Å². The van der Waals surface area contributed by atoms with Crippen molar-refractivity contribution in [1.82, 2.24) is 20.2 Å². The van der Waals surface area contributed by atoms with Crippen LogP contribution in [0.25, 0.3) is 0 Å². The predicted octanol–water partition coefficient (Wildman–Crippen LogP) is 1.96. The molecule has 0 unspecified atom stereocenters. The highest BCUT2D eigenvalue weighted by molar-refractivity contribution is 7.07. The number of rotatable bonds is 4. The van der Waals surface area contributed by atoms with Crippen LogP contribution in [0, 0.1) is 5.92 Å². The first-order valence-corrected chi connectivity index (χ1v) is 7.96. The van der Waals surface area contributed by atoms with E-state index in [-0.39, 0.29) is 5.91 Å². The lowest BCUT2D eigenvalue weighted by Crippen LogP contribution is -2.32. The first kappa shape index (κ1) is 14.2. The van der Waals surface area contributed by atoms with Crippen molar-refractivity contribution in [3.8, 4) is 0 Å². The molecule has 2 aromatic heterocycles. The highest BCUT2D eigenvalue weighted by Gasteiger charge is 2.33. The third-order valence-corrected chi connectivity index (χ3v) is 4.58. The first-order valence-electron chi connectivity index (χ1n) is 7.02. The summed E-state index contributed by atoms with van der Waals surface area (Å²) >= 11 is 1.44. The van der Waals surface area contributed by atoms with Gasteiger partial charge >= 0.3 is 0 Å².